The van der Waals surface area contributed by atoms with Gasteiger partial charge < -0.3 is 24.6 Å². The van der Waals surface area contributed by atoms with Crippen molar-refractivity contribution in [3.8, 4) is 0 Å². The molecule has 0 bridgehead atoms. The number of aliphatic hydroxyl groups is 1. The predicted octanol–water partition coefficient (Wildman–Crippen LogP) is 1.43. The molecule has 0 radical (unpaired) electrons. The molecule has 1 aromatic carbocycles. The average Bonchev–Trinajstić information content (AvgIpc) is 2.98. The molecule has 2 N–H and O–H groups in total. The molecule has 7 heteroatoms. The Hall–Kier alpha value is -2.09. The summed E-state index contributed by atoms with van der Waals surface area (Å²) >= 11 is 0. The number of carbonyl (C=O) groups is 1. The lowest BCUT2D eigenvalue weighted by atomic mass is 10.2. The first kappa shape index (κ1) is 17.7. The van der Waals surface area contributed by atoms with Crippen LogP contribution < -0.4 is 5.32 Å². The topological polar surface area (TPSA) is 70.0 Å². The zero-order valence-electron chi connectivity index (χ0n) is 14.6. The number of methoxy groups -OCH3 is 1. The highest BCUT2D eigenvalue weighted by atomic mass is 16.5. The molecular weight excluding hydrogens is 320 g/mol. The summed E-state index contributed by atoms with van der Waals surface area (Å²) in [5.41, 5.74) is 1.91. The molecule has 136 valence electrons. The van der Waals surface area contributed by atoms with Crippen molar-refractivity contribution in [3.63, 3.8) is 0 Å². The van der Waals surface area contributed by atoms with E-state index in [0.717, 1.165) is 36.2 Å². The molecule has 0 aliphatic carbocycles. The lowest BCUT2D eigenvalue weighted by Crippen LogP contribution is -2.50. The lowest BCUT2D eigenvalue weighted by molar-refractivity contribution is 0.127. The Kier molecular flexibility index (Phi) is 5.91. The highest BCUT2D eigenvalue weighted by molar-refractivity contribution is 6.01. The van der Waals surface area contributed by atoms with E-state index in [1.165, 1.54) is 0 Å². The van der Waals surface area contributed by atoms with E-state index in [1.54, 1.807) is 7.11 Å². The summed E-state index contributed by atoms with van der Waals surface area (Å²) in [6.07, 6.45) is 1.98. The maximum atomic E-state index is 12.6. The second-order valence-corrected chi connectivity index (χ2v) is 6.23. The highest BCUT2D eigenvalue weighted by Crippen LogP contribution is 2.26. The minimum absolute atomic E-state index is 0.0710. The third-order valence-corrected chi connectivity index (χ3v) is 4.64. The Balaban J connectivity index is 1.69. The molecule has 7 nitrogen and oxygen atoms in total. The number of amides is 2. The second kappa shape index (κ2) is 8.33. The quantitative estimate of drug-likeness (QED) is 0.830. The van der Waals surface area contributed by atoms with Crippen LogP contribution in [0, 0.1) is 0 Å². The van der Waals surface area contributed by atoms with Crippen LogP contribution in [0.25, 0.3) is 10.9 Å². The summed E-state index contributed by atoms with van der Waals surface area (Å²) in [4.78, 5) is 16.6. The molecule has 2 heterocycles. The molecule has 0 atom stereocenters. The van der Waals surface area contributed by atoms with Crippen LogP contribution in [-0.4, -0.2) is 78.6 Å². The number of nitrogens with one attached hydrogen (secondary N) is 1. The van der Waals surface area contributed by atoms with Crippen molar-refractivity contribution in [3.05, 3.63) is 30.5 Å². The van der Waals surface area contributed by atoms with Gasteiger partial charge in [0, 0.05) is 58.0 Å². The third-order valence-electron chi connectivity index (χ3n) is 4.64. The number of benzene rings is 1. The fourth-order valence-corrected chi connectivity index (χ4v) is 3.23. The first-order valence-electron chi connectivity index (χ1n) is 8.69. The van der Waals surface area contributed by atoms with Gasteiger partial charge in [-0.15, -0.1) is 0 Å². The van der Waals surface area contributed by atoms with Gasteiger partial charge in [0.2, 0.25) is 0 Å². The molecule has 2 amide bonds. The maximum absolute atomic E-state index is 12.6. The molecule has 1 aliphatic heterocycles. The van der Waals surface area contributed by atoms with Crippen molar-refractivity contribution in [2.45, 2.75) is 6.54 Å². The summed E-state index contributed by atoms with van der Waals surface area (Å²) in [7, 11) is 1.69. The molecule has 0 unspecified atom stereocenters. The predicted molar refractivity (Wildman–Crippen MR) is 97.9 cm³/mol. The molecule has 3 rings (SSSR count). The fraction of sp³-hybridized carbons (Fsp3) is 0.500. The molecule has 1 aliphatic rings. The molecule has 25 heavy (non-hydrogen) atoms. The number of rotatable bonds is 6. The van der Waals surface area contributed by atoms with Gasteiger partial charge in [0.05, 0.1) is 24.4 Å². The monoisotopic (exact) mass is 346 g/mol. The zero-order valence-corrected chi connectivity index (χ0v) is 14.6. The van der Waals surface area contributed by atoms with Gasteiger partial charge in [-0.3, -0.25) is 4.90 Å². The van der Waals surface area contributed by atoms with E-state index in [2.05, 4.69) is 14.8 Å². The molecule has 1 aromatic heterocycles. The Labute approximate surface area is 147 Å². The fourth-order valence-electron chi connectivity index (χ4n) is 3.23. The van der Waals surface area contributed by atoms with Gasteiger partial charge in [-0.2, -0.15) is 0 Å². The van der Waals surface area contributed by atoms with Gasteiger partial charge in [0.1, 0.15) is 0 Å². The Morgan fingerprint density at radius 2 is 1.96 bits per heavy atom. The van der Waals surface area contributed by atoms with Gasteiger partial charge in [-0.1, -0.05) is 18.2 Å². The van der Waals surface area contributed by atoms with E-state index in [1.807, 2.05) is 35.4 Å². The maximum Gasteiger partial charge on any atom is 0.321 e. The van der Waals surface area contributed by atoms with Gasteiger partial charge >= 0.3 is 6.03 Å². The Morgan fingerprint density at radius 1 is 1.20 bits per heavy atom. The SMILES string of the molecule is COCCn1cc(NC(=O)N2CCN(CCO)CC2)c2ccccc21. The van der Waals surface area contributed by atoms with E-state index >= 15 is 0 Å². The van der Waals surface area contributed by atoms with Crippen LogP contribution in [-0.2, 0) is 11.3 Å². The minimum atomic E-state index is -0.0710. The summed E-state index contributed by atoms with van der Waals surface area (Å²) in [5, 5.41) is 13.1. The van der Waals surface area contributed by atoms with E-state index in [9.17, 15) is 4.79 Å². The van der Waals surface area contributed by atoms with E-state index in [0.29, 0.717) is 26.2 Å². The van der Waals surface area contributed by atoms with Crippen molar-refractivity contribution in [2.24, 2.45) is 0 Å². The first-order valence-corrected chi connectivity index (χ1v) is 8.69. The number of piperazine rings is 1. The van der Waals surface area contributed by atoms with Crippen molar-refractivity contribution in [1.82, 2.24) is 14.4 Å². The van der Waals surface area contributed by atoms with Crippen LogP contribution >= 0.6 is 0 Å². The number of hydrogen-bond donors (Lipinski definition) is 2. The van der Waals surface area contributed by atoms with Crippen LogP contribution in [0.3, 0.4) is 0 Å². The molecule has 1 fully saturated rings. The average molecular weight is 346 g/mol. The first-order chi connectivity index (χ1) is 12.2. The summed E-state index contributed by atoms with van der Waals surface area (Å²) < 4.78 is 7.28. The number of nitrogens with zero attached hydrogens (tertiary/aromatic N) is 3. The highest BCUT2D eigenvalue weighted by Gasteiger charge is 2.21. The van der Waals surface area contributed by atoms with Gasteiger partial charge in [-0.25, -0.2) is 4.79 Å². The molecular formula is C18H26N4O3. The van der Waals surface area contributed by atoms with Gasteiger partial charge in [-0.05, 0) is 6.07 Å². The number of β-amino-alcohol motifs (C(OH)–C–C–N with tert-alkyl or cyclic N) is 1. The van der Waals surface area contributed by atoms with Crippen molar-refractivity contribution < 1.29 is 14.6 Å². The Morgan fingerprint density at radius 3 is 2.68 bits per heavy atom. The second-order valence-electron chi connectivity index (χ2n) is 6.23. The number of para-hydroxylation sites is 1. The van der Waals surface area contributed by atoms with Gasteiger partial charge in [0.15, 0.2) is 0 Å². The number of urea groups is 1. The number of aliphatic hydroxyl groups excluding tert-OH is 1. The minimum Gasteiger partial charge on any atom is -0.395 e. The Bertz CT molecular complexity index is 707. The third kappa shape index (κ3) is 4.12. The van der Waals surface area contributed by atoms with Crippen LogP contribution in [0.1, 0.15) is 0 Å². The van der Waals surface area contributed by atoms with E-state index in [-0.39, 0.29) is 12.6 Å². The van der Waals surface area contributed by atoms with Crippen molar-refractivity contribution >= 4 is 22.6 Å². The van der Waals surface area contributed by atoms with Crippen molar-refractivity contribution in [2.75, 3.05) is 58.4 Å². The zero-order chi connectivity index (χ0) is 17.6. The standard InChI is InChI=1S/C18H26N4O3/c1-25-13-11-22-14-16(15-4-2-3-5-17(15)22)19-18(24)21-8-6-20(7-9-21)10-12-23/h2-5,14,23H,6-13H2,1H3,(H,19,24). The number of fused-ring (bicyclic) bond motifs is 1. The molecule has 2 aromatic rings. The molecule has 0 saturated carbocycles. The smallest absolute Gasteiger partial charge is 0.321 e. The molecule has 1 saturated heterocycles. The van der Waals surface area contributed by atoms with E-state index < -0.39 is 0 Å². The van der Waals surface area contributed by atoms with Crippen LogP contribution in [0.5, 0.6) is 0 Å². The summed E-state index contributed by atoms with van der Waals surface area (Å²) in [6.45, 7) is 5.14. The summed E-state index contributed by atoms with van der Waals surface area (Å²) in [6, 6.07) is 7.98. The van der Waals surface area contributed by atoms with Crippen LogP contribution in [0.4, 0.5) is 10.5 Å². The number of hydrogen-bond acceptors (Lipinski definition) is 4. The van der Waals surface area contributed by atoms with Gasteiger partial charge in [0.25, 0.3) is 0 Å². The largest absolute Gasteiger partial charge is 0.395 e. The molecule has 0 spiro atoms. The number of aromatic nitrogens is 1. The van der Waals surface area contributed by atoms with E-state index in [4.69, 9.17) is 9.84 Å². The van der Waals surface area contributed by atoms with Crippen LogP contribution in [0.2, 0.25) is 0 Å². The number of carbonyl (C=O) groups excluding carboxylic acids is 1. The number of ether oxygens (including phenoxy) is 1. The normalized spacial score (nSPS) is 15.7. The number of anilines is 1. The van der Waals surface area contributed by atoms with Crippen molar-refractivity contribution in [1.29, 1.82) is 0 Å². The lowest BCUT2D eigenvalue weighted by Gasteiger charge is -2.34. The van der Waals surface area contributed by atoms with Crippen LogP contribution in [0.15, 0.2) is 30.5 Å². The summed E-state index contributed by atoms with van der Waals surface area (Å²) in [5.74, 6) is 0.